The van der Waals surface area contributed by atoms with Crippen LogP contribution < -0.4 is 10.2 Å². The van der Waals surface area contributed by atoms with Crippen molar-refractivity contribution in [2.24, 2.45) is 0 Å². The van der Waals surface area contributed by atoms with Gasteiger partial charge < -0.3 is 10.2 Å². The highest BCUT2D eigenvalue weighted by atomic mass is 32.2. The average molecular weight is 266 g/mol. The molecule has 1 aliphatic heterocycles. The van der Waals surface area contributed by atoms with Crippen LogP contribution in [-0.2, 0) is 0 Å². The van der Waals surface area contributed by atoms with E-state index >= 15 is 0 Å². The first-order valence-corrected chi connectivity index (χ1v) is 7.52. The van der Waals surface area contributed by atoms with Gasteiger partial charge in [0.1, 0.15) is 5.82 Å². The SMILES string of the molecule is CCNc1nc(C)cc(N2CC(C)SC(C)C2)n1. The molecule has 2 atom stereocenters. The second-order valence-corrected chi connectivity index (χ2v) is 6.77. The number of nitrogens with one attached hydrogen (secondary N) is 1. The number of anilines is 2. The summed E-state index contributed by atoms with van der Waals surface area (Å²) >= 11 is 2.06. The van der Waals surface area contributed by atoms with E-state index in [0.29, 0.717) is 10.5 Å². The highest BCUT2D eigenvalue weighted by Gasteiger charge is 2.23. The van der Waals surface area contributed by atoms with E-state index in [1.165, 1.54) is 0 Å². The maximum Gasteiger partial charge on any atom is 0.224 e. The molecule has 2 unspecified atom stereocenters. The van der Waals surface area contributed by atoms with Crippen LogP contribution in [0.5, 0.6) is 0 Å². The number of aromatic nitrogens is 2. The maximum absolute atomic E-state index is 4.61. The molecule has 0 radical (unpaired) electrons. The van der Waals surface area contributed by atoms with Gasteiger partial charge in [0.05, 0.1) is 0 Å². The summed E-state index contributed by atoms with van der Waals surface area (Å²) in [5.74, 6) is 1.79. The number of nitrogens with zero attached hydrogens (tertiary/aromatic N) is 3. The van der Waals surface area contributed by atoms with Crippen LogP contribution >= 0.6 is 11.8 Å². The van der Waals surface area contributed by atoms with Gasteiger partial charge in [0, 0.05) is 41.9 Å². The molecule has 2 rings (SSSR count). The van der Waals surface area contributed by atoms with Gasteiger partial charge in [0.15, 0.2) is 0 Å². The Balaban J connectivity index is 2.21. The standard InChI is InChI=1S/C13H22N4S/c1-5-14-13-15-9(2)6-12(16-13)17-7-10(3)18-11(4)8-17/h6,10-11H,5,7-8H2,1-4H3,(H,14,15,16). The summed E-state index contributed by atoms with van der Waals surface area (Å²) in [6, 6.07) is 2.08. The van der Waals surface area contributed by atoms with Crippen molar-refractivity contribution in [2.45, 2.75) is 38.2 Å². The van der Waals surface area contributed by atoms with Gasteiger partial charge in [-0.2, -0.15) is 16.7 Å². The summed E-state index contributed by atoms with van der Waals surface area (Å²) in [4.78, 5) is 11.4. The van der Waals surface area contributed by atoms with Crippen LogP contribution in [0.1, 0.15) is 26.5 Å². The van der Waals surface area contributed by atoms with Crippen molar-refractivity contribution in [3.05, 3.63) is 11.8 Å². The number of hydrogen-bond acceptors (Lipinski definition) is 5. The van der Waals surface area contributed by atoms with Gasteiger partial charge in [-0.3, -0.25) is 0 Å². The average Bonchev–Trinajstić information content (AvgIpc) is 2.27. The Morgan fingerprint density at radius 2 is 2.00 bits per heavy atom. The molecule has 0 aliphatic carbocycles. The van der Waals surface area contributed by atoms with Crippen molar-refractivity contribution >= 4 is 23.5 Å². The fourth-order valence-corrected chi connectivity index (χ4v) is 3.64. The number of thioether (sulfide) groups is 1. The molecule has 1 aromatic rings. The molecule has 1 aromatic heterocycles. The zero-order valence-electron chi connectivity index (χ0n) is 11.6. The van der Waals surface area contributed by atoms with E-state index in [1.807, 2.05) is 6.92 Å². The monoisotopic (exact) mass is 266 g/mol. The third-order valence-corrected chi connectivity index (χ3v) is 4.15. The lowest BCUT2D eigenvalue weighted by molar-refractivity contribution is 0.716. The topological polar surface area (TPSA) is 41.1 Å². The van der Waals surface area contributed by atoms with Crippen LogP contribution in [0.25, 0.3) is 0 Å². The van der Waals surface area contributed by atoms with Crippen LogP contribution in [0.2, 0.25) is 0 Å². The van der Waals surface area contributed by atoms with E-state index in [2.05, 4.69) is 58.8 Å². The minimum atomic E-state index is 0.659. The maximum atomic E-state index is 4.61. The molecule has 0 aromatic carbocycles. The lowest BCUT2D eigenvalue weighted by Crippen LogP contribution is -2.41. The van der Waals surface area contributed by atoms with E-state index in [4.69, 9.17) is 0 Å². The fraction of sp³-hybridized carbons (Fsp3) is 0.692. The van der Waals surface area contributed by atoms with Crippen LogP contribution in [-0.4, -0.2) is 40.1 Å². The molecule has 100 valence electrons. The molecule has 1 saturated heterocycles. The number of hydrogen-bond donors (Lipinski definition) is 1. The zero-order valence-corrected chi connectivity index (χ0v) is 12.4. The molecule has 0 saturated carbocycles. The Bertz CT molecular complexity index is 400. The van der Waals surface area contributed by atoms with E-state index in [1.54, 1.807) is 0 Å². The van der Waals surface area contributed by atoms with Gasteiger partial charge in [-0.15, -0.1) is 0 Å². The van der Waals surface area contributed by atoms with Crippen molar-refractivity contribution in [3.8, 4) is 0 Å². The lowest BCUT2D eigenvalue weighted by atomic mass is 10.3. The second-order valence-electron chi connectivity index (χ2n) is 4.88. The van der Waals surface area contributed by atoms with E-state index < -0.39 is 0 Å². The third kappa shape index (κ3) is 3.28. The van der Waals surface area contributed by atoms with Gasteiger partial charge in [0.25, 0.3) is 0 Å². The molecule has 0 spiro atoms. The summed E-state index contributed by atoms with van der Waals surface area (Å²) in [5.41, 5.74) is 1.02. The predicted octanol–water partition coefficient (Wildman–Crippen LogP) is 2.55. The van der Waals surface area contributed by atoms with Crippen molar-refractivity contribution in [1.82, 2.24) is 9.97 Å². The summed E-state index contributed by atoms with van der Waals surface area (Å²) < 4.78 is 0. The van der Waals surface area contributed by atoms with Crippen molar-refractivity contribution < 1.29 is 0 Å². The Labute approximate surface area is 114 Å². The van der Waals surface area contributed by atoms with E-state index in [0.717, 1.165) is 37.1 Å². The molecule has 0 bridgehead atoms. The van der Waals surface area contributed by atoms with Crippen molar-refractivity contribution in [2.75, 3.05) is 29.9 Å². The number of aryl methyl sites for hydroxylation is 1. The second kappa shape index (κ2) is 5.78. The Morgan fingerprint density at radius 3 is 2.61 bits per heavy atom. The Kier molecular flexibility index (Phi) is 4.32. The molecule has 1 N–H and O–H groups in total. The van der Waals surface area contributed by atoms with Gasteiger partial charge in [-0.05, 0) is 13.8 Å². The normalized spacial score (nSPS) is 24.1. The van der Waals surface area contributed by atoms with Crippen LogP contribution in [0.3, 0.4) is 0 Å². The van der Waals surface area contributed by atoms with E-state index in [9.17, 15) is 0 Å². The summed E-state index contributed by atoms with van der Waals surface area (Å²) in [6.07, 6.45) is 0. The quantitative estimate of drug-likeness (QED) is 0.910. The van der Waals surface area contributed by atoms with Crippen LogP contribution in [0.4, 0.5) is 11.8 Å². The molecule has 4 nitrogen and oxygen atoms in total. The molecular formula is C13H22N4S. The molecule has 18 heavy (non-hydrogen) atoms. The molecule has 2 heterocycles. The summed E-state index contributed by atoms with van der Waals surface area (Å²) in [6.45, 7) is 11.6. The zero-order chi connectivity index (χ0) is 13.1. The smallest absolute Gasteiger partial charge is 0.224 e. The third-order valence-electron chi connectivity index (χ3n) is 2.92. The summed E-state index contributed by atoms with van der Waals surface area (Å²) in [5, 5.41) is 4.51. The van der Waals surface area contributed by atoms with Gasteiger partial charge in [-0.25, -0.2) is 4.98 Å². The molecule has 0 amide bonds. The molecule has 1 fully saturated rings. The first kappa shape index (κ1) is 13.5. The van der Waals surface area contributed by atoms with E-state index in [-0.39, 0.29) is 0 Å². The molecular weight excluding hydrogens is 244 g/mol. The van der Waals surface area contributed by atoms with Crippen LogP contribution in [0, 0.1) is 6.92 Å². The van der Waals surface area contributed by atoms with Crippen LogP contribution in [0.15, 0.2) is 6.07 Å². The van der Waals surface area contributed by atoms with Crippen molar-refractivity contribution in [1.29, 1.82) is 0 Å². The fourth-order valence-electron chi connectivity index (χ4n) is 2.32. The number of rotatable bonds is 3. The first-order chi connectivity index (χ1) is 8.58. The predicted molar refractivity (Wildman–Crippen MR) is 79.7 cm³/mol. The Hall–Kier alpha value is -0.970. The van der Waals surface area contributed by atoms with Gasteiger partial charge in [0.2, 0.25) is 5.95 Å². The minimum Gasteiger partial charge on any atom is -0.354 e. The minimum absolute atomic E-state index is 0.659. The van der Waals surface area contributed by atoms with Gasteiger partial charge >= 0.3 is 0 Å². The first-order valence-electron chi connectivity index (χ1n) is 6.58. The molecule has 1 aliphatic rings. The molecule has 5 heteroatoms. The largest absolute Gasteiger partial charge is 0.354 e. The highest BCUT2D eigenvalue weighted by Crippen LogP contribution is 2.28. The lowest BCUT2D eigenvalue weighted by Gasteiger charge is -2.35. The van der Waals surface area contributed by atoms with Crippen molar-refractivity contribution in [3.63, 3.8) is 0 Å². The Morgan fingerprint density at radius 1 is 1.33 bits per heavy atom. The highest BCUT2D eigenvalue weighted by molar-refractivity contribution is 8.00. The summed E-state index contributed by atoms with van der Waals surface area (Å²) in [7, 11) is 0. The van der Waals surface area contributed by atoms with Gasteiger partial charge in [-0.1, -0.05) is 13.8 Å².